The van der Waals surface area contributed by atoms with Crippen LogP contribution in [0.25, 0.3) is 0 Å². The van der Waals surface area contributed by atoms with Crippen molar-refractivity contribution in [2.45, 2.75) is 13.1 Å². The summed E-state index contributed by atoms with van der Waals surface area (Å²) >= 11 is 1.61. The molecule has 0 radical (unpaired) electrons. The van der Waals surface area contributed by atoms with E-state index in [1.165, 1.54) is 6.92 Å². The van der Waals surface area contributed by atoms with Crippen molar-refractivity contribution < 1.29 is 22.3 Å². The third-order valence-electron chi connectivity index (χ3n) is 1.64. The Labute approximate surface area is 97.6 Å². The molecule has 1 aromatic rings. The smallest absolute Gasteiger partial charge is 0.420 e. The van der Waals surface area contributed by atoms with Crippen molar-refractivity contribution in [1.29, 1.82) is 0 Å². The number of halogens is 5. The van der Waals surface area contributed by atoms with Crippen LogP contribution in [0.2, 0.25) is 0 Å². The number of alkyl halides is 3. The van der Waals surface area contributed by atoms with Gasteiger partial charge in [0.15, 0.2) is 11.6 Å². The van der Waals surface area contributed by atoms with E-state index in [1.54, 1.807) is 22.6 Å². The minimum atomic E-state index is -4.60. The van der Waals surface area contributed by atoms with Crippen molar-refractivity contribution in [3.63, 3.8) is 0 Å². The van der Waals surface area contributed by atoms with E-state index in [9.17, 15) is 17.6 Å². The average molecular weight is 334 g/mol. The minimum Gasteiger partial charge on any atom is -0.490 e. The molecule has 0 N–H and O–H groups in total. The lowest BCUT2D eigenvalue weighted by Crippen LogP contribution is -2.10. The Bertz CT molecular complexity index is 362. The summed E-state index contributed by atoms with van der Waals surface area (Å²) in [6.45, 7) is 1.49. The lowest BCUT2D eigenvalue weighted by atomic mass is 10.2. The first kappa shape index (κ1) is 12.5. The molecule has 0 unspecified atom stereocenters. The number of rotatable bonds is 2. The predicted molar refractivity (Wildman–Crippen MR) is 55.3 cm³/mol. The molecule has 1 rings (SSSR count). The number of hydrogen-bond acceptors (Lipinski definition) is 1. The van der Waals surface area contributed by atoms with Gasteiger partial charge in [-0.1, -0.05) is 0 Å². The van der Waals surface area contributed by atoms with Crippen molar-refractivity contribution in [3.05, 3.63) is 27.1 Å². The summed E-state index contributed by atoms with van der Waals surface area (Å²) in [6, 6.07) is 1.89. The largest absolute Gasteiger partial charge is 0.490 e. The van der Waals surface area contributed by atoms with Crippen LogP contribution in [0, 0.1) is 9.39 Å². The molecule has 0 aliphatic heterocycles. The van der Waals surface area contributed by atoms with Crippen LogP contribution in [0.1, 0.15) is 12.5 Å². The standard InChI is InChI=1S/C9H7F4IO/c1-2-15-8-5(9(11,12)13)3-4-6(14)7(8)10/h3-4H,2H2,1H3. The molecule has 0 aromatic heterocycles. The molecule has 0 bridgehead atoms. The molecule has 1 aromatic carbocycles. The van der Waals surface area contributed by atoms with Crippen LogP contribution >= 0.6 is 22.6 Å². The van der Waals surface area contributed by atoms with Gasteiger partial charge in [0.2, 0.25) is 0 Å². The Morgan fingerprint density at radius 2 is 1.93 bits per heavy atom. The maximum absolute atomic E-state index is 13.3. The molecule has 0 aliphatic rings. The SMILES string of the molecule is CCOc1c(C(F)(F)F)ccc(I)c1F. The second-order valence-electron chi connectivity index (χ2n) is 2.67. The first-order chi connectivity index (χ1) is 6.88. The van der Waals surface area contributed by atoms with Gasteiger partial charge in [-0.05, 0) is 41.6 Å². The summed E-state index contributed by atoms with van der Waals surface area (Å²) in [5.41, 5.74) is -1.08. The van der Waals surface area contributed by atoms with Crippen LogP contribution < -0.4 is 4.74 Å². The molecule has 0 heterocycles. The summed E-state index contributed by atoms with van der Waals surface area (Å²) in [6.07, 6.45) is -4.60. The van der Waals surface area contributed by atoms with Gasteiger partial charge in [0.05, 0.1) is 10.2 Å². The molecule has 0 aliphatic carbocycles. The Morgan fingerprint density at radius 1 is 1.33 bits per heavy atom. The van der Waals surface area contributed by atoms with E-state index in [0.717, 1.165) is 12.1 Å². The van der Waals surface area contributed by atoms with Gasteiger partial charge in [-0.25, -0.2) is 4.39 Å². The van der Waals surface area contributed by atoms with Gasteiger partial charge < -0.3 is 4.74 Å². The van der Waals surface area contributed by atoms with Gasteiger partial charge in [-0.3, -0.25) is 0 Å². The van der Waals surface area contributed by atoms with Crippen molar-refractivity contribution in [2.75, 3.05) is 6.61 Å². The fourth-order valence-electron chi connectivity index (χ4n) is 1.04. The molecular formula is C9H7F4IO. The predicted octanol–water partition coefficient (Wildman–Crippen LogP) is 3.85. The number of hydrogen-bond donors (Lipinski definition) is 0. The van der Waals surface area contributed by atoms with E-state index in [0.29, 0.717) is 0 Å². The zero-order valence-corrected chi connectivity index (χ0v) is 9.82. The maximum atomic E-state index is 13.3. The average Bonchev–Trinajstić information content (AvgIpc) is 2.11. The number of benzene rings is 1. The molecular weight excluding hydrogens is 327 g/mol. The highest BCUT2D eigenvalue weighted by molar-refractivity contribution is 14.1. The van der Waals surface area contributed by atoms with Gasteiger partial charge in [0.25, 0.3) is 0 Å². The van der Waals surface area contributed by atoms with E-state index >= 15 is 0 Å². The first-order valence-corrected chi connectivity index (χ1v) is 5.13. The number of ether oxygens (including phenoxy) is 1. The molecule has 0 amide bonds. The molecule has 0 fully saturated rings. The van der Waals surface area contributed by atoms with Crippen molar-refractivity contribution >= 4 is 22.6 Å². The first-order valence-electron chi connectivity index (χ1n) is 4.06. The van der Waals surface area contributed by atoms with Gasteiger partial charge in [0.1, 0.15) is 5.56 Å². The minimum absolute atomic E-state index is 0.0138. The topological polar surface area (TPSA) is 9.23 Å². The Morgan fingerprint density at radius 3 is 2.40 bits per heavy atom. The molecule has 0 spiro atoms. The fraction of sp³-hybridized carbons (Fsp3) is 0.333. The highest BCUT2D eigenvalue weighted by Gasteiger charge is 2.36. The van der Waals surface area contributed by atoms with Gasteiger partial charge >= 0.3 is 6.18 Å². The van der Waals surface area contributed by atoms with Gasteiger partial charge in [0, 0.05) is 0 Å². The normalized spacial score (nSPS) is 11.6. The summed E-state index contributed by atoms with van der Waals surface area (Å²) in [5, 5.41) is 0. The Hall–Kier alpha value is -0.530. The molecule has 84 valence electrons. The highest BCUT2D eigenvalue weighted by Crippen LogP contribution is 2.38. The van der Waals surface area contributed by atoms with E-state index in [-0.39, 0.29) is 10.2 Å². The van der Waals surface area contributed by atoms with Crippen LogP contribution in [0.15, 0.2) is 12.1 Å². The third-order valence-corrected chi connectivity index (χ3v) is 2.48. The van der Waals surface area contributed by atoms with Gasteiger partial charge in [-0.2, -0.15) is 13.2 Å². The summed E-state index contributed by atoms with van der Waals surface area (Å²) in [4.78, 5) is 0. The van der Waals surface area contributed by atoms with E-state index in [2.05, 4.69) is 4.74 Å². The monoisotopic (exact) mass is 334 g/mol. The van der Waals surface area contributed by atoms with Gasteiger partial charge in [-0.15, -0.1) is 0 Å². The van der Waals surface area contributed by atoms with Crippen LogP contribution in [0.3, 0.4) is 0 Å². The van der Waals surface area contributed by atoms with E-state index < -0.39 is 23.3 Å². The molecule has 6 heteroatoms. The zero-order valence-electron chi connectivity index (χ0n) is 7.66. The Balaban J connectivity index is 3.33. The summed E-state index contributed by atoms with van der Waals surface area (Å²) < 4.78 is 55.4. The Kier molecular flexibility index (Phi) is 3.80. The van der Waals surface area contributed by atoms with Crippen LogP contribution in [0.5, 0.6) is 5.75 Å². The van der Waals surface area contributed by atoms with Crippen molar-refractivity contribution in [2.24, 2.45) is 0 Å². The lowest BCUT2D eigenvalue weighted by molar-refractivity contribution is -0.139. The molecule has 0 saturated heterocycles. The fourth-order valence-corrected chi connectivity index (χ4v) is 1.47. The second kappa shape index (κ2) is 4.54. The molecule has 0 saturated carbocycles. The van der Waals surface area contributed by atoms with Crippen LogP contribution in [-0.2, 0) is 6.18 Å². The summed E-state index contributed by atoms with van der Waals surface area (Å²) in [5.74, 6) is -1.69. The second-order valence-corrected chi connectivity index (χ2v) is 3.83. The summed E-state index contributed by atoms with van der Waals surface area (Å²) in [7, 11) is 0. The molecule has 1 nitrogen and oxygen atoms in total. The van der Waals surface area contributed by atoms with Crippen LogP contribution in [-0.4, -0.2) is 6.61 Å². The molecule has 15 heavy (non-hydrogen) atoms. The van der Waals surface area contributed by atoms with E-state index in [4.69, 9.17) is 0 Å². The van der Waals surface area contributed by atoms with Crippen molar-refractivity contribution in [3.8, 4) is 5.75 Å². The maximum Gasteiger partial charge on any atom is 0.420 e. The highest BCUT2D eigenvalue weighted by atomic mass is 127. The van der Waals surface area contributed by atoms with Crippen LogP contribution in [0.4, 0.5) is 17.6 Å². The third kappa shape index (κ3) is 2.73. The van der Waals surface area contributed by atoms with Crippen molar-refractivity contribution in [1.82, 2.24) is 0 Å². The van der Waals surface area contributed by atoms with E-state index in [1.807, 2.05) is 0 Å². The zero-order chi connectivity index (χ0) is 11.6. The lowest BCUT2D eigenvalue weighted by Gasteiger charge is -2.14. The molecule has 0 atom stereocenters. The quantitative estimate of drug-likeness (QED) is 0.590.